The van der Waals surface area contributed by atoms with Crippen molar-refractivity contribution in [3.05, 3.63) is 52.8 Å². The molecule has 19 heavy (non-hydrogen) atoms. The summed E-state index contributed by atoms with van der Waals surface area (Å²) >= 11 is 0. The highest BCUT2D eigenvalue weighted by molar-refractivity contribution is 5.28. The normalized spacial score (nSPS) is 12.6. The van der Waals surface area contributed by atoms with Crippen LogP contribution in [0.4, 0.5) is 0 Å². The van der Waals surface area contributed by atoms with E-state index in [4.69, 9.17) is 0 Å². The van der Waals surface area contributed by atoms with Crippen LogP contribution in [0.3, 0.4) is 0 Å². The third-order valence-electron chi connectivity index (χ3n) is 3.63. The van der Waals surface area contributed by atoms with Crippen LogP contribution < -0.4 is 5.32 Å². The Kier molecular flexibility index (Phi) is 4.38. The van der Waals surface area contributed by atoms with Gasteiger partial charge in [0, 0.05) is 19.6 Å². The van der Waals surface area contributed by atoms with Gasteiger partial charge in [0.2, 0.25) is 0 Å². The zero-order valence-corrected chi connectivity index (χ0v) is 12.3. The Hall–Kier alpha value is -1.61. The highest BCUT2D eigenvalue weighted by Gasteiger charge is 2.09. The molecule has 0 aliphatic heterocycles. The number of aromatic nitrogens is 2. The van der Waals surface area contributed by atoms with E-state index in [9.17, 15) is 0 Å². The lowest BCUT2D eigenvalue weighted by molar-refractivity contribution is 0.546. The molecule has 0 fully saturated rings. The van der Waals surface area contributed by atoms with Gasteiger partial charge in [-0.05, 0) is 37.5 Å². The first-order valence-corrected chi connectivity index (χ1v) is 6.92. The van der Waals surface area contributed by atoms with E-state index >= 15 is 0 Å². The fourth-order valence-electron chi connectivity index (χ4n) is 2.35. The second kappa shape index (κ2) is 6.02. The van der Waals surface area contributed by atoms with Crippen molar-refractivity contribution >= 4 is 0 Å². The molecule has 1 heterocycles. The SMILES string of the molecule is CCc1cc(CN[C@@H](C)c2ccccc2C)n(C)n1. The average molecular weight is 257 g/mol. The van der Waals surface area contributed by atoms with Crippen LogP contribution in [-0.2, 0) is 20.0 Å². The maximum Gasteiger partial charge on any atom is 0.0625 e. The molecule has 2 rings (SSSR count). The van der Waals surface area contributed by atoms with E-state index in [1.54, 1.807) is 0 Å². The third kappa shape index (κ3) is 3.24. The van der Waals surface area contributed by atoms with E-state index in [1.807, 2.05) is 11.7 Å². The number of hydrogen-bond acceptors (Lipinski definition) is 2. The quantitative estimate of drug-likeness (QED) is 0.891. The molecule has 3 nitrogen and oxygen atoms in total. The van der Waals surface area contributed by atoms with Gasteiger partial charge < -0.3 is 5.32 Å². The van der Waals surface area contributed by atoms with E-state index in [1.165, 1.54) is 16.8 Å². The molecule has 0 saturated heterocycles. The zero-order valence-electron chi connectivity index (χ0n) is 12.3. The van der Waals surface area contributed by atoms with Gasteiger partial charge in [0.15, 0.2) is 0 Å². The molecular weight excluding hydrogens is 234 g/mol. The second-order valence-corrected chi connectivity index (χ2v) is 5.06. The topological polar surface area (TPSA) is 29.9 Å². The van der Waals surface area contributed by atoms with Gasteiger partial charge in [-0.1, -0.05) is 31.2 Å². The molecular formula is C16H23N3. The van der Waals surface area contributed by atoms with Gasteiger partial charge in [0.25, 0.3) is 0 Å². The predicted octanol–water partition coefficient (Wildman–Crippen LogP) is 3.14. The largest absolute Gasteiger partial charge is 0.305 e. The molecule has 0 aliphatic carbocycles. The third-order valence-corrected chi connectivity index (χ3v) is 3.63. The fourth-order valence-corrected chi connectivity index (χ4v) is 2.35. The molecule has 2 aromatic rings. The maximum atomic E-state index is 4.47. The van der Waals surface area contributed by atoms with Crippen molar-refractivity contribution in [2.45, 2.75) is 39.8 Å². The minimum Gasteiger partial charge on any atom is -0.305 e. The first-order chi connectivity index (χ1) is 9.11. The van der Waals surface area contributed by atoms with Gasteiger partial charge in [-0.2, -0.15) is 5.10 Å². The molecule has 1 aromatic heterocycles. The van der Waals surface area contributed by atoms with Gasteiger partial charge in [0.1, 0.15) is 0 Å². The summed E-state index contributed by atoms with van der Waals surface area (Å²) in [6.45, 7) is 7.35. The van der Waals surface area contributed by atoms with Crippen molar-refractivity contribution in [2.75, 3.05) is 0 Å². The minimum absolute atomic E-state index is 0.348. The molecule has 1 atom stereocenters. The van der Waals surface area contributed by atoms with Crippen molar-refractivity contribution in [3.63, 3.8) is 0 Å². The molecule has 102 valence electrons. The molecule has 1 aromatic carbocycles. The number of benzene rings is 1. The van der Waals surface area contributed by atoms with Crippen LogP contribution in [0.25, 0.3) is 0 Å². The lowest BCUT2D eigenvalue weighted by atomic mass is 10.0. The van der Waals surface area contributed by atoms with Gasteiger partial charge in [-0.25, -0.2) is 0 Å². The Morgan fingerprint density at radius 2 is 2.05 bits per heavy atom. The molecule has 1 N–H and O–H groups in total. The van der Waals surface area contributed by atoms with E-state index in [0.717, 1.165) is 18.7 Å². The first-order valence-electron chi connectivity index (χ1n) is 6.92. The number of nitrogens with zero attached hydrogens (tertiary/aromatic N) is 2. The van der Waals surface area contributed by atoms with Crippen molar-refractivity contribution in [1.29, 1.82) is 0 Å². The molecule has 0 amide bonds. The van der Waals surface area contributed by atoms with E-state index in [2.05, 4.69) is 61.5 Å². The van der Waals surface area contributed by atoms with Crippen LogP contribution in [-0.4, -0.2) is 9.78 Å². The molecule has 0 unspecified atom stereocenters. The van der Waals surface area contributed by atoms with Gasteiger partial charge in [0.05, 0.1) is 11.4 Å². The lowest BCUT2D eigenvalue weighted by Crippen LogP contribution is -2.20. The molecule has 0 bridgehead atoms. The monoisotopic (exact) mass is 257 g/mol. The Morgan fingerprint density at radius 3 is 2.68 bits per heavy atom. The van der Waals surface area contributed by atoms with E-state index in [-0.39, 0.29) is 0 Å². The van der Waals surface area contributed by atoms with Crippen LogP contribution in [0.5, 0.6) is 0 Å². The summed E-state index contributed by atoms with van der Waals surface area (Å²) < 4.78 is 1.97. The van der Waals surface area contributed by atoms with Crippen molar-refractivity contribution in [3.8, 4) is 0 Å². The predicted molar refractivity (Wildman–Crippen MR) is 79.0 cm³/mol. The van der Waals surface area contributed by atoms with Crippen molar-refractivity contribution < 1.29 is 0 Å². The Balaban J connectivity index is 2.02. The minimum atomic E-state index is 0.348. The Morgan fingerprint density at radius 1 is 1.32 bits per heavy atom. The molecule has 3 heteroatoms. The zero-order chi connectivity index (χ0) is 13.8. The highest BCUT2D eigenvalue weighted by Crippen LogP contribution is 2.17. The number of rotatable bonds is 5. The summed E-state index contributed by atoms with van der Waals surface area (Å²) in [5.41, 5.74) is 5.09. The van der Waals surface area contributed by atoms with Crippen LogP contribution in [0, 0.1) is 6.92 Å². The molecule has 0 spiro atoms. The van der Waals surface area contributed by atoms with E-state index in [0.29, 0.717) is 6.04 Å². The summed E-state index contributed by atoms with van der Waals surface area (Å²) in [5.74, 6) is 0. The molecule has 0 aliphatic rings. The summed E-state index contributed by atoms with van der Waals surface area (Å²) in [5, 5.41) is 8.05. The van der Waals surface area contributed by atoms with E-state index < -0.39 is 0 Å². The van der Waals surface area contributed by atoms with Crippen molar-refractivity contribution in [1.82, 2.24) is 15.1 Å². The van der Waals surface area contributed by atoms with Crippen LogP contribution >= 0.6 is 0 Å². The lowest BCUT2D eigenvalue weighted by Gasteiger charge is -2.16. The maximum absolute atomic E-state index is 4.47. The summed E-state index contributed by atoms with van der Waals surface area (Å²) in [7, 11) is 2.01. The number of nitrogens with one attached hydrogen (secondary N) is 1. The number of hydrogen-bond donors (Lipinski definition) is 1. The highest BCUT2D eigenvalue weighted by atomic mass is 15.3. The first kappa shape index (κ1) is 13.8. The van der Waals surface area contributed by atoms with Crippen LogP contribution in [0.15, 0.2) is 30.3 Å². The standard InChI is InChI=1S/C16H23N3/c1-5-14-10-15(19(4)18-14)11-17-13(3)16-9-7-6-8-12(16)2/h6-10,13,17H,5,11H2,1-4H3/t13-/m0/s1. The molecule has 0 saturated carbocycles. The second-order valence-electron chi connectivity index (χ2n) is 5.06. The Labute approximate surface area is 115 Å². The summed E-state index contributed by atoms with van der Waals surface area (Å²) in [6, 6.07) is 11.1. The smallest absolute Gasteiger partial charge is 0.0625 e. The van der Waals surface area contributed by atoms with Crippen molar-refractivity contribution in [2.24, 2.45) is 7.05 Å². The summed E-state index contributed by atoms with van der Waals surface area (Å²) in [4.78, 5) is 0. The fraction of sp³-hybridized carbons (Fsp3) is 0.438. The average Bonchev–Trinajstić information content (AvgIpc) is 2.77. The summed E-state index contributed by atoms with van der Waals surface area (Å²) in [6.07, 6.45) is 0.987. The van der Waals surface area contributed by atoms with Crippen LogP contribution in [0.1, 0.15) is 42.4 Å². The van der Waals surface area contributed by atoms with Gasteiger partial charge >= 0.3 is 0 Å². The molecule has 0 radical (unpaired) electrons. The Bertz CT molecular complexity index is 543. The van der Waals surface area contributed by atoms with Gasteiger partial charge in [-0.15, -0.1) is 0 Å². The van der Waals surface area contributed by atoms with Gasteiger partial charge in [-0.3, -0.25) is 4.68 Å². The van der Waals surface area contributed by atoms with Crippen LogP contribution in [0.2, 0.25) is 0 Å². The number of aryl methyl sites for hydroxylation is 3.